The Morgan fingerprint density at radius 2 is 1.73 bits per heavy atom. The summed E-state index contributed by atoms with van der Waals surface area (Å²) in [7, 11) is 5.06. The van der Waals surface area contributed by atoms with Crippen LogP contribution in [0.5, 0.6) is 11.5 Å². The lowest BCUT2D eigenvalue weighted by Crippen LogP contribution is -2.47. The molecule has 2 aromatic heterocycles. The number of nitrogens with one attached hydrogen (secondary N) is 1. The van der Waals surface area contributed by atoms with Crippen molar-refractivity contribution in [3.05, 3.63) is 96.6 Å². The molecule has 13 heteroatoms. The minimum absolute atomic E-state index is 0.0331. The van der Waals surface area contributed by atoms with Crippen LogP contribution in [-0.2, 0) is 49.2 Å². The van der Waals surface area contributed by atoms with E-state index in [0.717, 1.165) is 47.3 Å². The molecule has 0 radical (unpaired) electrons. The number of anilines is 1. The highest BCUT2D eigenvalue weighted by atomic mass is 32.1. The number of hydrogen-bond acceptors (Lipinski definition) is 10. The summed E-state index contributed by atoms with van der Waals surface area (Å²) in [4.78, 5) is 46.4. The number of rotatable bonds is 10. The van der Waals surface area contributed by atoms with Gasteiger partial charge >= 0.3 is 0 Å². The van der Waals surface area contributed by atoms with Gasteiger partial charge in [-0.05, 0) is 77.7 Å². The van der Waals surface area contributed by atoms with Gasteiger partial charge in [-0.15, -0.1) is 11.3 Å². The first-order valence-electron chi connectivity index (χ1n) is 18.8. The Balaban J connectivity index is 0.909. The van der Waals surface area contributed by atoms with Gasteiger partial charge in [0, 0.05) is 79.3 Å². The summed E-state index contributed by atoms with van der Waals surface area (Å²) in [6, 6.07) is 10.6. The van der Waals surface area contributed by atoms with Crippen LogP contribution in [0.1, 0.15) is 69.9 Å². The van der Waals surface area contributed by atoms with Crippen LogP contribution in [-0.4, -0.2) is 78.0 Å². The molecule has 5 heterocycles. The first-order valence-corrected chi connectivity index (χ1v) is 19.7. The van der Waals surface area contributed by atoms with Gasteiger partial charge in [-0.2, -0.15) is 0 Å². The number of pyridine rings is 1. The third kappa shape index (κ3) is 7.37. The van der Waals surface area contributed by atoms with Crippen LogP contribution >= 0.6 is 11.3 Å². The van der Waals surface area contributed by atoms with Crippen LogP contribution in [0.2, 0.25) is 0 Å². The first-order chi connectivity index (χ1) is 26.5. The number of carbonyl (C=O) groups is 2. The number of fused-ring (bicyclic) bond motifs is 2. The number of Topliss-reactive ketones (excluding diaryl/α,β-unsaturated/α-hetero) is 2. The number of ketones is 2. The average Bonchev–Trinajstić information content (AvgIpc) is 3.82. The summed E-state index contributed by atoms with van der Waals surface area (Å²) >= 11 is 1.70. The fourth-order valence-electron chi connectivity index (χ4n) is 8.64. The molecule has 1 N–H and O–H groups in total. The van der Waals surface area contributed by atoms with Crippen molar-refractivity contribution in [2.75, 3.05) is 39.2 Å². The Kier molecular flexibility index (Phi) is 10.2. The van der Waals surface area contributed by atoms with E-state index in [2.05, 4.69) is 20.6 Å². The van der Waals surface area contributed by atoms with E-state index in [1.165, 1.54) is 10.4 Å². The number of thiophene rings is 1. The number of ether oxygens (including phenoxy) is 2. The van der Waals surface area contributed by atoms with Crippen molar-refractivity contribution in [1.82, 2.24) is 14.4 Å². The molecule has 4 aromatic rings. The lowest BCUT2D eigenvalue weighted by atomic mass is 9.85. The van der Waals surface area contributed by atoms with Crippen molar-refractivity contribution >= 4 is 34.8 Å². The molecule has 4 aliphatic rings. The number of benzene rings is 2. The summed E-state index contributed by atoms with van der Waals surface area (Å²) in [6.07, 6.45) is 5.57. The van der Waals surface area contributed by atoms with Crippen LogP contribution in [0, 0.1) is 0 Å². The molecule has 2 aromatic carbocycles. The van der Waals surface area contributed by atoms with Crippen molar-refractivity contribution < 1.29 is 27.8 Å². The molecule has 0 bridgehead atoms. The van der Waals surface area contributed by atoms with E-state index in [0.29, 0.717) is 73.8 Å². The van der Waals surface area contributed by atoms with Gasteiger partial charge in [0.1, 0.15) is 17.3 Å². The minimum atomic E-state index is -2.89. The van der Waals surface area contributed by atoms with Crippen molar-refractivity contribution in [2.45, 2.75) is 76.2 Å². The van der Waals surface area contributed by atoms with Gasteiger partial charge in [-0.25, -0.2) is 8.78 Å². The van der Waals surface area contributed by atoms with E-state index in [9.17, 15) is 14.4 Å². The van der Waals surface area contributed by atoms with E-state index in [4.69, 9.17) is 9.47 Å². The smallest absolute Gasteiger partial charge is 0.267 e. The number of nitrogens with zero attached hydrogens (tertiary/aromatic N) is 4. The van der Waals surface area contributed by atoms with Gasteiger partial charge in [0.15, 0.2) is 5.78 Å². The minimum Gasteiger partial charge on any atom is -0.496 e. The second-order valence-electron chi connectivity index (χ2n) is 15.2. The van der Waals surface area contributed by atoms with Crippen LogP contribution in [0.4, 0.5) is 14.5 Å². The number of aliphatic imine (C=N–C) groups is 1. The van der Waals surface area contributed by atoms with Crippen LogP contribution in [0.25, 0.3) is 11.1 Å². The van der Waals surface area contributed by atoms with Crippen molar-refractivity contribution in [3.8, 4) is 22.6 Å². The number of likely N-dealkylation sites (tertiary alicyclic amines) is 1. The molecule has 1 aliphatic carbocycles. The summed E-state index contributed by atoms with van der Waals surface area (Å²) in [6.45, 7) is 3.32. The molecule has 2 atom stereocenters. The number of aromatic nitrogens is 1. The largest absolute Gasteiger partial charge is 0.496 e. The number of carbonyl (C=O) groups excluding carboxylic acids is 2. The lowest BCUT2D eigenvalue weighted by molar-refractivity contribution is -0.130. The topological polar surface area (TPSA) is 105 Å². The Morgan fingerprint density at radius 1 is 0.964 bits per heavy atom. The molecule has 288 valence electrons. The van der Waals surface area contributed by atoms with Gasteiger partial charge < -0.3 is 19.4 Å². The molecular formula is C42H45F2N5O5S. The van der Waals surface area contributed by atoms with Crippen molar-refractivity contribution in [1.29, 1.82) is 0 Å². The SMILES string of the molecule is COc1cc(-c2cn(C)c(=O)c3c2C=NC3)cc(OC)c1CN1CCc2c(CN3CCC(c4ccc(NC5CCC(=O)CC5=O)cc4)C(F)(F)C3)csc2C1. The van der Waals surface area contributed by atoms with Crippen LogP contribution < -0.4 is 20.3 Å². The number of aryl methyl sites for hydroxylation is 1. The average molecular weight is 770 g/mol. The molecule has 2 fully saturated rings. The highest BCUT2D eigenvalue weighted by molar-refractivity contribution is 7.10. The van der Waals surface area contributed by atoms with Gasteiger partial charge in [-0.1, -0.05) is 12.1 Å². The third-order valence-electron chi connectivity index (χ3n) is 11.6. The molecule has 10 nitrogen and oxygen atoms in total. The van der Waals surface area contributed by atoms with E-state index in [1.807, 2.05) is 23.2 Å². The lowest BCUT2D eigenvalue weighted by Gasteiger charge is -2.39. The van der Waals surface area contributed by atoms with Crippen molar-refractivity contribution in [3.63, 3.8) is 0 Å². The maximum Gasteiger partial charge on any atom is 0.267 e. The Hall–Kier alpha value is -4.72. The van der Waals surface area contributed by atoms with Gasteiger partial charge in [0.25, 0.3) is 11.5 Å². The number of methoxy groups -OCH3 is 2. The van der Waals surface area contributed by atoms with Crippen LogP contribution in [0.3, 0.4) is 0 Å². The molecule has 0 amide bonds. The van der Waals surface area contributed by atoms with Gasteiger partial charge in [0.2, 0.25) is 0 Å². The Bertz CT molecular complexity index is 2210. The monoisotopic (exact) mass is 769 g/mol. The standard InChI is InChI=1S/C42H45F2N5O5S/c1-47-20-33(31-17-45-18-32(31)41(47)52)26-14-38(53-2)34(39(15-26)54-3)21-48-12-10-30-27(23-55-40(30)22-48)19-49-13-11-35(42(43,44)24-49)25-4-6-28(7-5-25)46-36-9-8-29(50)16-37(36)51/h4-7,14-15,17,20,23,35-36,46H,8-13,16,18-19,21-22,24H2,1-3H3. The summed E-state index contributed by atoms with van der Waals surface area (Å²) in [5.41, 5.74) is 7.91. The zero-order chi connectivity index (χ0) is 38.4. The molecule has 2 unspecified atom stereocenters. The Labute approximate surface area is 322 Å². The number of hydrogen-bond donors (Lipinski definition) is 1. The highest BCUT2D eigenvalue weighted by Gasteiger charge is 2.45. The second-order valence-corrected chi connectivity index (χ2v) is 16.1. The predicted molar refractivity (Wildman–Crippen MR) is 209 cm³/mol. The molecule has 1 saturated heterocycles. The molecule has 3 aliphatic heterocycles. The normalized spacial score (nSPS) is 21.0. The van der Waals surface area contributed by atoms with E-state index < -0.39 is 17.9 Å². The Morgan fingerprint density at radius 3 is 2.44 bits per heavy atom. The summed E-state index contributed by atoms with van der Waals surface area (Å²) in [5, 5.41) is 5.32. The van der Waals surface area contributed by atoms with Crippen molar-refractivity contribution in [2.24, 2.45) is 12.0 Å². The third-order valence-corrected chi connectivity index (χ3v) is 12.7. The van der Waals surface area contributed by atoms with Crippen LogP contribution in [0.15, 0.2) is 57.8 Å². The number of piperidine rings is 1. The second kappa shape index (κ2) is 15.1. The van der Waals surface area contributed by atoms with Gasteiger partial charge in [-0.3, -0.25) is 29.2 Å². The molecule has 0 spiro atoms. The first kappa shape index (κ1) is 37.2. The van der Waals surface area contributed by atoms with E-state index >= 15 is 8.78 Å². The summed E-state index contributed by atoms with van der Waals surface area (Å²) < 4.78 is 44.9. The number of alkyl halides is 2. The quantitative estimate of drug-likeness (QED) is 0.186. The molecular weight excluding hydrogens is 725 g/mol. The zero-order valence-corrected chi connectivity index (χ0v) is 32.1. The zero-order valence-electron chi connectivity index (χ0n) is 31.3. The fraction of sp³-hybridized carbons (Fsp3) is 0.429. The molecule has 1 saturated carbocycles. The predicted octanol–water partition coefficient (Wildman–Crippen LogP) is 6.35. The number of halogens is 2. The molecule has 8 rings (SSSR count). The summed E-state index contributed by atoms with van der Waals surface area (Å²) in [5.74, 6) is -2.51. The maximum atomic E-state index is 15.8. The maximum absolute atomic E-state index is 15.8. The molecule has 55 heavy (non-hydrogen) atoms. The van der Waals surface area contributed by atoms with Gasteiger partial charge in [0.05, 0.1) is 51.3 Å². The van der Waals surface area contributed by atoms with E-state index in [-0.39, 0.29) is 30.1 Å². The van der Waals surface area contributed by atoms with E-state index in [1.54, 1.807) is 67.7 Å². The fourth-order valence-corrected chi connectivity index (χ4v) is 9.77. The highest BCUT2D eigenvalue weighted by Crippen LogP contribution is 2.43.